The van der Waals surface area contributed by atoms with Gasteiger partial charge in [0.05, 0.1) is 12.7 Å². The second-order valence-corrected chi connectivity index (χ2v) is 8.76. The van der Waals surface area contributed by atoms with Crippen molar-refractivity contribution in [3.05, 3.63) is 124 Å². The molecule has 1 amide bonds. The van der Waals surface area contributed by atoms with E-state index < -0.39 is 0 Å². The highest BCUT2D eigenvalue weighted by atomic mass is 35.5. The van der Waals surface area contributed by atoms with Crippen LogP contribution in [0.1, 0.15) is 33.2 Å². The summed E-state index contributed by atoms with van der Waals surface area (Å²) in [7, 11) is 1.64. The number of hydrogen-bond acceptors (Lipinski definition) is 4. The maximum absolute atomic E-state index is 13.6. The van der Waals surface area contributed by atoms with Crippen molar-refractivity contribution < 1.29 is 14.3 Å². The molecule has 1 atom stereocenters. The van der Waals surface area contributed by atoms with Gasteiger partial charge in [-0.3, -0.25) is 4.79 Å². The topological polar surface area (TPSA) is 50.8 Å². The summed E-state index contributed by atoms with van der Waals surface area (Å²) in [6.45, 7) is 0.777. The fourth-order valence-corrected chi connectivity index (χ4v) is 4.48. The molecule has 1 N–H and O–H groups in total. The Hall–Kier alpha value is -3.96. The minimum absolute atomic E-state index is 0.0132. The number of fused-ring (bicyclic) bond motifs is 1. The van der Waals surface area contributed by atoms with Crippen LogP contribution in [-0.2, 0) is 13.2 Å². The molecule has 4 aromatic rings. The lowest BCUT2D eigenvalue weighted by atomic mass is 10.0. The van der Waals surface area contributed by atoms with E-state index in [2.05, 4.69) is 5.32 Å². The Kier molecular flexibility index (Phi) is 6.59. The zero-order chi connectivity index (χ0) is 24.2. The van der Waals surface area contributed by atoms with Crippen LogP contribution in [0.25, 0.3) is 0 Å². The Balaban J connectivity index is 1.49. The maximum Gasteiger partial charge on any atom is 0.258 e. The number of methoxy groups -OCH3 is 1. The van der Waals surface area contributed by atoms with Crippen molar-refractivity contribution in [2.75, 3.05) is 12.4 Å². The van der Waals surface area contributed by atoms with Gasteiger partial charge in [0, 0.05) is 22.8 Å². The first-order valence-electron chi connectivity index (χ1n) is 11.4. The highest BCUT2D eigenvalue weighted by Crippen LogP contribution is 2.36. The molecular formula is C29H25ClN2O3. The fourth-order valence-electron chi connectivity index (χ4n) is 4.30. The largest absolute Gasteiger partial charge is 0.496 e. The molecule has 6 heteroatoms. The molecule has 1 unspecified atom stereocenters. The summed E-state index contributed by atoms with van der Waals surface area (Å²) in [6, 6.07) is 30.8. The van der Waals surface area contributed by atoms with Crippen molar-refractivity contribution in [1.82, 2.24) is 4.90 Å². The SMILES string of the molecule is COc1ccc(C2Nc3ccccc3C(=O)N2Cc2ccccc2)cc1COc1cccc(Cl)c1. The first kappa shape index (κ1) is 22.8. The summed E-state index contributed by atoms with van der Waals surface area (Å²) >= 11 is 6.10. The molecule has 5 rings (SSSR count). The lowest BCUT2D eigenvalue weighted by Crippen LogP contribution is -2.42. The number of carbonyl (C=O) groups excluding carboxylic acids is 1. The van der Waals surface area contributed by atoms with Crippen LogP contribution in [0.5, 0.6) is 11.5 Å². The average molecular weight is 485 g/mol. The summed E-state index contributed by atoms with van der Waals surface area (Å²) in [6.07, 6.45) is -0.353. The van der Waals surface area contributed by atoms with Gasteiger partial charge in [0.25, 0.3) is 5.91 Å². The number of halogens is 1. The zero-order valence-corrected chi connectivity index (χ0v) is 20.0. The monoisotopic (exact) mass is 484 g/mol. The minimum atomic E-state index is -0.353. The Labute approximate surface area is 209 Å². The van der Waals surface area contributed by atoms with Gasteiger partial charge in [-0.05, 0) is 53.6 Å². The number of anilines is 1. The number of para-hydroxylation sites is 1. The first-order valence-corrected chi connectivity index (χ1v) is 11.8. The van der Waals surface area contributed by atoms with Gasteiger partial charge in [-0.15, -0.1) is 0 Å². The van der Waals surface area contributed by atoms with E-state index in [4.69, 9.17) is 21.1 Å². The third-order valence-corrected chi connectivity index (χ3v) is 6.26. The van der Waals surface area contributed by atoms with Gasteiger partial charge < -0.3 is 19.7 Å². The Morgan fingerprint density at radius 3 is 2.51 bits per heavy atom. The van der Waals surface area contributed by atoms with E-state index in [0.717, 1.165) is 22.4 Å². The molecule has 0 saturated heterocycles. The smallest absolute Gasteiger partial charge is 0.258 e. The van der Waals surface area contributed by atoms with Gasteiger partial charge >= 0.3 is 0 Å². The van der Waals surface area contributed by atoms with Crippen LogP contribution in [0.3, 0.4) is 0 Å². The highest BCUT2D eigenvalue weighted by molar-refractivity contribution is 6.30. The normalized spacial score (nSPS) is 14.7. The Morgan fingerprint density at radius 2 is 1.71 bits per heavy atom. The zero-order valence-electron chi connectivity index (χ0n) is 19.3. The number of hydrogen-bond donors (Lipinski definition) is 1. The van der Waals surface area contributed by atoms with E-state index in [1.54, 1.807) is 19.2 Å². The molecule has 0 radical (unpaired) electrons. The molecule has 5 nitrogen and oxygen atoms in total. The standard InChI is InChI=1S/C29H25ClN2O3/c1-34-27-15-14-21(16-22(27)19-35-24-11-7-10-23(30)17-24)28-31-26-13-6-5-12-25(26)29(33)32(28)18-20-8-3-2-4-9-20/h2-17,28,31H,18-19H2,1H3. The van der Waals surface area contributed by atoms with E-state index in [1.807, 2.05) is 89.8 Å². The average Bonchev–Trinajstić information content (AvgIpc) is 2.89. The molecule has 0 aromatic heterocycles. The van der Waals surface area contributed by atoms with E-state index in [-0.39, 0.29) is 12.1 Å². The highest BCUT2D eigenvalue weighted by Gasteiger charge is 2.33. The third kappa shape index (κ3) is 4.96. The van der Waals surface area contributed by atoms with Crippen molar-refractivity contribution >= 4 is 23.2 Å². The van der Waals surface area contributed by atoms with E-state index in [9.17, 15) is 4.79 Å². The van der Waals surface area contributed by atoms with Crippen LogP contribution >= 0.6 is 11.6 Å². The molecule has 1 aliphatic heterocycles. The molecule has 0 aliphatic carbocycles. The van der Waals surface area contributed by atoms with Gasteiger partial charge in [0.1, 0.15) is 24.3 Å². The third-order valence-electron chi connectivity index (χ3n) is 6.03. The van der Waals surface area contributed by atoms with Crippen molar-refractivity contribution in [3.8, 4) is 11.5 Å². The molecule has 35 heavy (non-hydrogen) atoms. The van der Waals surface area contributed by atoms with Gasteiger partial charge in [-0.2, -0.15) is 0 Å². The lowest BCUT2D eigenvalue weighted by Gasteiger charge is -2.38. The number of benzene rings is 4. The van der Waals surface area contributed by atoms with Crippen molar-refractivity contribution in [2.24, 2.45) is 0 Å². The number of rotatable bonds is 7. The minimum Gasteiger partial charge on any atom is -0.496 e. The number of amides is 1. The quantitative estimate of drug-likeness (QED) is 0.317. The lowest BCUT2D eigenvalue weighted by molar-refractivity contribution is 0.0666. The van der Waals surface area contributed by atoms with Crippen molar-refractivity contribution in [3.63, 3.8) is 0 Å². The second kappa shape index (κ2) is 10.1. The van der Waals surface area contributed by atoms with Gasteiger partial charge in [-0.1, -0.05) is 66.2 Å². The summed E-state index contributed by atoms with van der Waals surface area (Å²) in [5.41, 5.74) is 4.36. The molecule has 0 spiro atoms. The number of nitrogens with zero attached hydrogens (tertiary/aromatic N) is 1. The molecule has 0 fully saturated rings. The predicted molar refractivity (Wildman–Crippen MR) is 138 cm³/mol. The molecule has 1 aliphatic rings. The molecular weight excluding hydrogens is 460 g/mol. The summed E-state index contributed by atoms with van der Waals surface area (Å²) in [5.74, 6) is 1.38. The van der Waals surface area contributed by atoms with Crippen molar-refractivity contribution in [1.29, 1.82) is 0 Å². The predicted octanol–water partition coefficient (Wildman–Crippen LogP) is 6.69. The molecule has 0 bridgehead atoms. The van der Waals surface area contributed by atoms with Crippen LogP contribution in [0.2, 0.25) is 5.02 Å². The van der Waals surface area contributed by atoms with Crippen LogP contribution < -0.4 is 14.8 Å². The summed E-state index contributed by atoms with van der Waals surface area (Å²) in [5, 5.41) is 4.18. The van der Waals surface area contributed by atoms with Crippen LogP contribution in [0.15, 0.2) is 97.1 Å². The number of nitrogens with one attached hydrogen (secondary N) is 1. The van der Waals surface area contributed by atoms with Crippen LogP contribution in [0.4, 0.5) is 5.69 Å². The molecule has 1 heterocycles. The maximum atomic E-state index is 13.6. The van der Waals surface area contributed by atoms with Crippen LogP contribution in [-0.4, -0.2) is 17.9 Å². The van der Waals surface area contributed by atoms with Gasteiger partial charge in [0.2, 0.25) is 0 Å². The van der Waals surface area contributed by atoms with Crippen LogP contribution in [0, 0.1) is 0 Å². The van der Waals surface area contributed by atoms with E-state index in [1.165, 1.54) is 0 Å². The molecule has 4 aromatic carbocycles. The number of ether oxygens (including phenoxy) is 2. The molecule has 0 saturated carbocycles. The van der Waals surface area contributed by atoms with E-state index in [0.29, 0.717) is 35.2 Å². The van der Waals surface area contributed by atoms with E-state index >= 15 is 0 Å². The summed E-state index contributed by atoms with van der Waals surface area (Å²) in [4.78, 5) is 15.4. The van der Waals surface area contributed by atoms with Gasteiger partial charge in [0.15, 0.2) is 0 Å². The Morgan fingerprint density at radius 1 is 0.914 bits per heavy atom. The van der Waals surface area contributed by atoms with Gasteiger partial charge in [-0.25, -0.2) is 0 Å². The fraction of sp³-hybridized carbons (Fsp3) is 0.138. The second-order valence-electron chi connectivity index (χ2n) is 8.33. The Bertz CT molecular complexity index is 1340. The molecule has 176 valence electrons. The summed E-state index contributed by atoms with van der Waals surface area (Å²) < 4.78 is 11.6. The first-order chi connectivity index (χ1) is 17.1. The van der Waals surface area contributed by atoms with Crippen molar-refractivity contribution in [2.45, 2.75) is 19.3 Å². The number of carbonyl (C=O) groups is 1.